The molecule has 2 aromatic rings. The Morgan fingerprint density at radius 1 is 1.00 bits per heavy atom. The Morgan fingerprint density at radius 2 is 1.72 bits per heavy atom. The molecule has 5 heteroatoms. The Balaban J connectivity index is 2.34. The smallest absolute Gasteiger partial charge is 0.195 e. The summed E-state index contributed by atoms with van der Waals surface area (Å²) in [5, 5.41) is 10.3. The molecule has 0 aliphatic carbocycles. The molecule has 0 radical (unpaired) electrons. The first-order chi connectivity index (χ1) is 8.56. The number of aromatic nitrogens is 3. The van der Waals surface area contributed by atoms with Crippen molar-refractivity contribution in [2.45, 2.75) is 31.0 Å². The Kier molecular flexibility index (Phi) is 3.58. The summed E-state index contributed by atoms with van der Waals surface area (Å²) in [5.41, 5.74) is 3.28. The zero-order valence-corrected chi connectivity index (χ0v) is 11.2. The predicted molar refractivity (Wildman–Crippen MR) is 69.3 cm³/mol. The number of aryl methyl sites for hydroxylation is 3. The molecule has 0 aromatic carbocycles. The van der Waals surface area contributed by atoms with Gasteiger partial charge in [-0.3, -0.25) is 0 Å². The first-order valence-corrected chi connectivity index (χ1v) is 6.27. The van der Waals surface area contributed by atoms with Gasteiger partial charge in [0.25, 0.3) is 0 Å². The van der Waals surface area contributed by atoms with Crippen LogP contribution >= 0.6 is 11.8 Å². The van der Waals surface area contributed by atoms with E-state index in [9.17, 15) is 0 Å². The third kappa shape index (κ3) is 3.05. The van der Waals surface area contributed by atoms with Crippen LogP contribution in [0.1, 0.15) is 22.6 Å². The van der Waals surface area contributed by atoms with Gasteiger partial charge in [0.2, 0.25) is 0 Å². The molecule has 0 aliphatic rings. The second-order valence-electron chi connectivity index (χ2n) is 4.02. The Labute approximate surface area is 110 Å². The van der Waals surface area contributed by atoms with Gasteiger partial charge in [0.15, 0.2) is 5.16 Å². The highest BCUT2D eigenvalue weighted by Gasteiger charge is 2.06. The molecule has 2 heterocycles. The molecule has 2 aromatic heterocycles. The fourth-order valence-corrected chi connectivity index (χ4v) is 2.55. The van der Waals surface area contributed by atoms with Crippen LogP contribution in [0.2, 0.25) is 0 Å². The van der Waals surface area contributed by atoms with Crippen LogP contribution in [0, 0.1) is 32.1 Å². The molecule has 0 fully saturated rings. The largest absolute Gasteiger partial charge is 0.246 e. The van der Waals surface area contributed by atoms with Crippen LogP contribution in [-0.4, -0.2) is 15.0 Å². The quantitative estimate of drug-likeness (QED) is 0.773. The highest BCUT2D eigenvalue weighted by atomic mass is 32.2. The van der Waals surface area contributed by atoms with Crippen molar-refractivity contribution in [3.63, 3.8) is 0 Å². The van der Waals surface area contributed by atoms with Crippen molar-refractivity contribution >= 4 is 11.8 Å². The number of hydrogen-bond acceptors (Lipinski definition) is 5. The molecule has 2 rings (SSSR count). The van der Waals surface area contributed by atoms with Crippen LogP contribution < -0.4 is 0 Å². The molecule has 0 unspecified atom stereocenters. The van der Waals surface area contributed by atoms with Crippen molar-refractivity contribution in [2.75, 3.05) is 0 Å². The predicted octanol–water partition coefficient (Wildman–Crippen LogP) is 2.82. The highest BCUT2D eigenvalue weighted by Crippen LogP contribution is 2.24. The van der Waals surface area contributed by atoms with Crippen LogP contribution in [0.4, 0.5) is 0 Å². The van der Waals surface area contributed by atoms with E-state index in [2.05, 4.69) is 15.0 Å². The van der Waals surface area contributed by atoms with Crippen LogP contribution in [0.5, 0.6) is 0 Å². The average Bonchev–Trinajstić information content (AvgIpc) is 2.26. The van der Waals surface area contributed by atoms with Crippen molar-refractivity contribution in [3.8, 4) is 6.07 Å². The summed E-state index contributed by atoms with van der Waals surface area (Å²) in [4.78, 5) is 12.9. The summed E-state index contributed by atoms with van der Waals surface area (Å²) in [7, 11) is 0. The fraction of sp³-hybridized carbons (Fsp3) is 0.231. The summed E-state index contributed by atoms with van der Waals surface area (Å²) in [5.74, 6) is 0. The van der Waals surface area contributed by atoms with Crippen molar-refractivity contribution in [1.29, 1.82) is 5.26 Å². The first-order valence-electron chi connectivity index (χ1n) is 5.46. The van der Waals surface area contributed by atoms with Crippen LogP contribution in [0.3, 0.4) is 0 Å². The van der Waals surface area contributed by atoms with Gasteiger partial charge < -0.3 is 0 Å². The molecular weight excluding hydrogens is 244 g/mol. The van der Waals surface area contributed by atoms with Crippen LogP contribution in [0.15, 0.2) is 28.4 Å². The van der Waals surface area contributed by atoms with E-state index in [1.165, 1.54) is 11.8 Å². The zero-order valence-electron chi connectivity index (χ0n) is 10.4. The molecule has 0 aliphatic heterocycles. The topological polar surface area (TPSA) is 62.5 Å². The molecule has 18 heavy (non-hydrogen) atoms. The Morgan fingerprint density at radius 3 is 2.39 bits per heavy atom. The average molecular weight is 256 g/mol. The highest BCUT2D eigenvalue weighted by molar-refractivity contribution is 7.99. The number of nitriles is 1. The van der Waals surface area contributed by atoms with Crippen LogP contribution in [0.25, 0.3) is 0 Å². The molecule has 0 bridgehead atoms. The van der Waals surface area contributed by atoms with E-state index >= 15 is 0 Å². The number of pyridine rings is 1. The van der Waals surface area contributed by atoms with E-state index < -0.39 is 0 Å². The summed E-state index contributed by atoms with van der Waals surface area (Å²) < 4.78 is 0. The minimum atomic E-state index is 0.384. The van der Waals surface area contributed by atoms with Gasteiger partial charge in [-0.05, 0) is 56.3 Å². The van der Waals surface area contributed by atoms with Gasteiger partial charge in [-0.2, -0.15) is 5.26 Å². The fourth-order valence-electron chi connectivity index (χ4n) is 1.59. The van der Waals surface area contributed by atoms with E-state index in [4.69, 9.17) is 5.26 Å². The summed E-state index contributed by atoms with van der Waals surface area (Å²) in [6.45, 7) is 5.83. The van der Waals surface area contributed by atoms with E-state index in [0.29, 0.717) is 10.9 Å². The lowest BCUT2D eigenvalue weighted by Crippen LogP contribution is -1.94. The summed E-state index contributed by atoms with van der Waals surface area (Å²) in [6, 6.07) is 7.69. The lowest BCUT2D eigenvalue weighted by atomic mass is 10.3. The summed E-state index contributed by atoms with van der Waals surface area (Å²) in [6.07, 6.45) is 0. The Bertz CT molecular complexity index is 611. The lowest BCUT2D eigenvalue weighted by Gasteiger charge is -2.03. The minimum absolute atomic E-state index is 0.384. The molecule has 0 saturated heterocycles. The second-order valence-corrected chi connectivity index (χ2v) is 5.00. The SMILES string of the molecule is Cc1cc(C)nc(Sc2nc(C)cc(C#N)n2)c1. The third-order valence-electron chi connectivity index (χ3n) is 2.22. The van der Waals surface area contributed by atoms with E-state index in [-0.39, 0.29) is 0 Å². The molecule has 0 spiro atoms. The zero-order chi connectivity index (χ0) is 13.1. The number of hydrogen-bond donors (Lipinski definition) is 0. The molecule has 0 N–H and O–H groups in total. The van der Waals surface area contributed by atoms with Crippen molar-refractivity contribution < 1.29 is 0 Å². The molecule has 0 saturated carbocycles. The minimum Gasteiger partial charge on any atom is -0.246 e. The monoisotopic (exact) mass is 256 g/mol. The maximum absolute atomic E-state index is 8.88. The van der Waals surface area contributed by atoms with E-state index in [1.807, 2.05) is 39.0 Å². The normalized spacial score (nSPS) is 10.1. The third-order valence-corrected chi connectivity index (χ3v) is 3.00. The van der Waals surface area contributed by atoms with Crippen LogP contribution in [-0.2, 0) is 0 Å². The molecule has 0 atom stereocenters. The molecule has 4 nitrogen and oxygen atoms in total. The molecular formula is C13H12N4S. The van der Waals surface area contributed by atoms with Gasteiger partial charge in [0.1, 0.15) is 16.8 Å². The van der Waals surface area contributed by atoms with E-state index in [0.717, 1.165) is 22.0 Å². The first kappa shape index (κ1) is 12.5. The molecule has 0 amide bonds. The van der Waals surface area contributed by atoms with Gasteiger partial charge in [-0.1, -0.05) is 0 Å². The number of nitrogens with zero attached hydrogens (tertiary/aromatic N) is 4. The van der Waals surface area contributed by atoms with Crippen molar-refractivity contribution in [3.05, 3.63) is 40.8 Å². The van der Waals surface area contributed by atoms with Gasteiger partial charge >= 0.3 is 0 Å². The Hall–Kier alpha value is -1.93. The standard InChI is InChI=1S/C13H12N4S/c1-8-4-9(2)15-12(5-8)18-13-16-10(3)6-11(7-14)17-13/h4-6H,1-3H3. The molecule has 90 valence electrons. The second kappa shape index (κ2) is 5.15. The van der Waals surface area contributed by atoms with Gasteiger partial charge in [-0.15, -0.1) is 0 Å². The van der Waals surface area contributed by atoms with E-state index in [1.54, 1.807) is 6.07 Å². The van der Waals surface area contributed by atoms with Gasteiger partial charge in [0, 0.05) is 11.4 Å². The van der Waals surface area contributed by atoms with Crippen molar-refractivity contribution in [1.82, 2.24) is 15.0 Å². The summed E-state index contributed by atoms with van der Waals surface area (Å²) >= 11 is 1.38. The van der Waals surface area contributed by atoms with Gasteiger partial charge in [0.05, 0.1) is 0 Å². The maximum atomic E-state index is 8.88. The van der Waals surface area contributed by atoms with Gasteiger partial charge in [-0.25, -0.2) is 15.0 Å². The maximum Gasteiger partial charge on any atom is 0.195 e. The number of rotatable bonds is 2. The van der Waals surface area contributed by atoms with Crippen molar-refractivity contribution in [2.24, 2.45) is 0 Å². The lowest BCUT2D eigenvalue weighted by molar-refractivity contribution is 0.913.